The molecule has 20 heavy (non-hydrogen) atoms. The van der Waals surface area contributed by atoms with Gasteiger partial charge in [-0.2, -0.15) is 10.2 Å². The molecule has 2 aromatic heterocycles. The van der Waals surface area contributed by atoms with Crippen LogP contribution in [0.2, 0.25) is 0 Å². The van der Waals surface area contributed by atoms with Crippen molar-refractivity contribution in [3.63, 3.8) is 0 Å². The molecule has 3 aromatic rings. The molecule has 7 heteroatoms. The third-order valence-corrected chi connectivity index (χ3v) is 2.90. The average Bonchev–Trinajstić information content (AvgIpc) is 2.47. The van der Waals surface area contributed by atoms with Crippen molar-refractivity contribution in [3.8, 4) is 0 Å². The monoisotopic (exact) mass is 268 g/mol. The van der Waals surface area contributed by atoms with E-state index in [1.807, 2.05) is 12.1 Å². The summed E-state index contributed by atoms with van der Waals surface area (Å²) in [5, 5.41) is 11.4. The lowest BCUT2D eigenvalue weighted by Crippen LogP contribution is -2.09. The molecule has 0 aliphatic heterocycles. The third kappa shape index (κ3) is 2.28. The van der Waals surface area contributed by atoms with Gasteiger partial charge in [-0.1, -0.05) is 0 Å². The molecule has 0 aliphatic carbocycles. The van der Waals surface area contributed by atoms with E-state index in [1.54, 1.807) is 18.3 Å². The van der Waals surface area contributed by atoms with Gasteiger partial charge in [0.2, 0.25) is 0 Å². The highest BCUT2D eigenvalue weighted by atomic mass is 16.1. The highest BCUT2D eigenvalue weighted by molar-refractivity contribution is 5.88. The zero-order chi connectivity index (χ0) is 13.9. The van der Waals surface area contributed by atoms with Gasteiger partial charge in [0.15, 0.2) is 0 Å². The number of nitrogens with one attached hydrogen (secondary N) is 2. The van der Waals surface area contributed by atoms with Crippen molar-refractivity contribution < 1.29 is 0 Å². The summed E-state index contributed by atoms with van der Waals surface area (Å²) in [5.74, 6) is 0. The average molecular weight is 268 g/mol. The van der Waals surface area contributed by atoms with Crippen LogP contribution in [0.3, 0.4) is 0 Å². The molecular weight excluding hydrogens is 256 g/mol. The number of aromatic amines is 1. The number of fused-ring (bicyclic) bond motifs is 1. The van der Waals surface area contributed by atoms with Gasteiger partial charge in [0.05, 0.1) is 40.8 Å². The van der Waals surface area contributed by atoms with Gasteiger partial charge in [0, 0.05) is 6.20 Å². The summed E-state index contributed by atoms with van der Waals surface area (Å²) >= 11 is 0. The maximum Gasteiger partial charge on any atom is 0.258 e. The number of nitrogens with two attached hydrogens (primary N) is 1. The van der Waals surface area contributed by atoms with Crippen molar-refractivity contribution in [2.24, 2.45) is 0 Å². The molecule has 1 aromatic carbocycles. The Labute approximate surface area is 113 Å². The summed E-state index contributed by atoms with van der Waals surface area (Å²) in [7, 11) is 0. The van der Waals surface area contributed by atoms with Gasteiger partial charge in [-0.3, -0.25) is 4.79 Å². The second kappa shape index (κ2) is 4.96. The van der Waals surface area contributed by atoms with E-state index in [4.69, 9.17) is 5.73 Å². The Morgan fingerprint density at radius 3 is 3.05 bits per heavy atom. The van der Waals surface area contributed by atoms with Crippen molar-refractivity contribution in [1.29, 1.82) is 0 Å². The Hall–Kier alpha value is -2.96. The largest absolute Gasteiger partial charge is 0.397 e. The summed E-state index contributed by atoms with van der Waals surface area (Å²) < 4.78 is 0. The summed E-state index contributed by atoms with van der Waals surface area (Å²) in [6, 6.07) is 7.03. The molecule has 0 saturated carbocycles. The Morgan fingerprint density at radius 2 is 2.25 bits per heavy atom. The van der Waals surface area contributed by atoms with Crippen LogP contribution in [0.4, 0.5) is 11.4 Å². The molecule has 0 spiro atoms. The fraction of sp³-hybridized carbons (Fsp3) is 0.0769. The number of nitrogen functional groups attached to an aromatic ring is 1. The molecule has 0 radical (unpaired) electrons. The number of nitrogens with zero attached hydrogens (tertiary/aromatic N) is 3. The van der Waals surface area contributed by atoms with Gasteiger partial charge < -0.3 is 16.0 Å². The minimum Gasteiger partial charge on any atom is -0.397 e. The summed E-state index contributed by atoms with van der Waals surface area (Å²) in [5.41, 5.74) is 8.31. The van der Waals surface area contributed by atoms with Crippen LogP contribution in [0.5, 0.6) is 0 Å². The Bertz CT molecular complexity index is 799. The van der Waals surface area contributed by atoms with E-state index in [-0.39, 0.29) is 5.56 Å². The van der Waals surface area contributed by atoms with Crippen LogP contribution < -0.4 is 16.6 Å². The van der Waals surface area contributed by atoms with Gasteiger partial charge >= 0.3 is 0 Å². The number of rotatable bonds is 3. The predicted molar refractivity (Wildman–Crippen MR) is 76.1 cm³/mol. The SMILES string of the molecule is Nc1cc2c(=O)[nH]cnc2cc1NCc1cccnn1. The Kier molecular flexibility index (Phi) is 3.00. The van der Waals surface area contributed by atoms with E-state index in [9.17, 15) is 4.79 Å². The van der Waals surface area contributed by atoms with Crippen molar-refractivity contribution in [3.05, 3.63) is 52.8 Å². The fourth-order valence-electron chi connectivity index (χ4n) is 1.90. The summed E-state index contributed by atoms with van der Waals surface area (Å²) in [4.78, 5) is 18.3. The molecule has 4 N–H and O–H groups in total. The second-order valence-corrected chi connectivity index (χ2v) is 4.26. The zero-order valence-electron chi connectivity index (χ0n) is 10.5. The molecular formula is C13H12N6O. The lowest BCUT2D eigenvalue weighted by atomic mass is 10.2. The van der Waals surface area contributed by atoms with Crippen LogP contribution >= 0.6 is 0 Å². The van der Waals surface area contributed by atoms with Crippen LogP contribution in [0, 0.1) is 0 Å². The van der Waals surface area contributed by atoms with Crippen molar-refractivity contribution >= 4 is 22.3 Å². The number of H-pyrrole nitrogens is 1. The highest BCUT2D eigenvalue weighted by Gasteiger charge is 2.06. The van der Waals surface area contributed by atoms with Crippen molar-refractivity contribution in [2.75, 3.05) is 11.1 Å². The molecule has 0 aliphatic rings. The van der Waals surface area contributed by atoms with E-state index in [0.29, 0.717) is 28.8 Å². The fourth-order valence-corrected chi connectivity index (χ4v) is 1.90. The number of benzene rings is 1. The number of anilines is 2. The van der Waals surface area contributed by atoms with Crippen LogP contribution in [0.1, 0.15) is 5.69 Å². The molecule has 7 nitrogen and oxygen atoms in total. The molecule has 0 saturated heterocycles. The van der Waals surface area contributed by atoms with Crippen molar-refractivity contribution in [1.82, 2.24) is 20.2 Å². The van der Waals surface area contributed by atoms with Crippen LogP contribution in [0.25, 0.3) is 10.9 Å². The third-order valence-electron chi connectivity index (χ3n) is 2.90. The zero-order valence-corrected chi connectivity index (χ0v) is 10.5. The first-order valence-electron chi connectivity index (χ1n) is 6.01. The maximum absolute atomic E-state index is 11.6. The number of aromatic nitrogens is 4. The first-order valence-corrected chi connectivity index (χ1v) is 6.01. The van der Waals surface area contributed by atoms with Crippen molar-refractivity contribution in [2.45, 2.75) is 6.54 Å². The van der Waals surface area contributed by atoms with E-state index < -0.39 is 0 Å². The lowest BCUT2D eigenvalue weighted by molar-refractivity contribution is 0.925. The topological polar surface area (TPSA) is 110 Å². The lowest BCUT2D eigenvalue weighted by Gasteiger charge is -2.09. The first kappa shape index (κ1) is 12.1. The van der Waals surface area contributed by atoms with E-state index in [2.05, 4.69) is 25.5 Å². The van der Waals surface area contributed by atoms with Crippen LogP contribution in [0.15, 0.2) is 41.6 Å². The first-order chi connectivity index (χ1) is 9.74. The molecule has 0 atom stereocenters. The van der Waals surface area contributed by atoms with Gasteiger partial charge in [-0.15, -0.1) is 0 Å². The molecule has 0 amide bonds. The molecule has 0 fully saturated rings. The minimum absolute atomic E-state index is 0.206. The maximum atomic E-state index is 11.6. The van der Waals surface area contributed by atoms with E-state index >= 15 is 0 Å². The summed E-state index contributed by atoms with van der Waals surface area (Å²) in [6.45, 7) is 0.493. The van der Waals surface area contributed by atoms with Gasteiger partial charge in [-0.05, 0) is 24.3 Å². The molecule has 0 bridgehead atoms. The smallest absolute Gasteiger partial charge is 0.258 e. The van der Waals surface area contributed by atoms with Crippen LogP contribution in [-0.4, -0.2) is 20.2 Å². The molecule has 0 unspecified atom stereocenters. The van der Waals surface area contributed by atoms with E-state index in [0.717, 1.165) is 5.69 Å². The van der Waals surface area contributed by atoms with Crippen LogP contribution in [-0.2, 0) is 6.54 Å². The van der Waals surface area contributed by atoms with E-state index in [1.165, 1.54) is 6.33 Å². The molecule has 3 rings (SSSR count). The number of hydrogen-bond acceptors (Lipinski definition) is 6. The molecule has 100 valence electrons. The number of hydrogen-bond donors (Lipinski definition) is 3. The van der Waals surface area contributed by atoms with Gasteiger partial charge in [0.1, 0.15) is 0 Å². The summed E-state index contributed by atoms with van der Waals surface area (Å²) in [6.07, 6.45) is 2.98. The second-order valence-electron chi connectivity index (χ2n) is 4.26. The van der Waals surface area contributed by atoms with Gasteiger partial charge in [0.25, 0.3) is 5.56 Å². The van der Waals surface area contributed by atoms with Gasteiger partial charge in [-0.25, -0.2) is 4.98 Å². The standard InChI is InChI=1S/C13H12N6O/c14-10-4-9-11(16-7-17-13(9)20)5-12(10)15-6-8-2-1-3-18-19-8/h1-5,7,15H,6,14H2,(H,16,17,20). The highest BCUT2D eigenvalue weighted by Crippen LogP contribution is 2.23. The molecule has 2 heterocycles. The quantitative estimate of drug-likeness (QED) is 0.609. The predicted octanol–water partition coefficient (Wildman–Crippen LogP) is 0.907. The normalized spacial score (nSPS) is 10.6. The Morgan fingerprint density at radius 1 is 1.35 bits per heavy atom. The minimum atomic E-state index is -0.206. The Balaban J connectivity index is 1.92.